The summed E-state index contributed by atoms with van der Waals surface area (Å²) in [5.41, 5.74) is 6.87. The summed E-state index contributed by atoms with van der Waals surface area (Å²) in [6.45, 7) is 12.5. The molecule has 0 aliphatic carbocycles. The van der Waals surface area contributed by atoms with Gasteiger partial charge in [-0.15, -0.1) is 11.3 Å². The third kappa shape index (κ3) is 10.6. The number of hydrogen-bond donors (Lipinski definition) is 5. The zero-order valence-corrected chi connectivity index (χ0v) is 38.1. The van der Waals surface area contributed by atoms with E-state index in [0.29, 0.717) is 42.3 Å². The minimum atomic E-state index is -0.977. The predicted molar refractivity (Wildman–Crippen MR) is 245 cm³/mol. The number of nitrogens with one attached hydrogen (secondary N) is 4. The van der Waals surface area contributed by atoms with Crippen LogP contribution in [0.3, 0.4) is 0 Å². The second-order valence-electron chi connectivity index (χ2n) is 17.6. The van der Waals surface area contributed by atoms with Crippen LogP contribution in [-0.2, 0) is 19.1 Å². The van der Waals surface area contributed by atoms with Gasteiger partial charge in [0.05, 0.1) is 52.8 Å². The van der Waals surface area contributed by atoms with E-state index in [0.717, 1.165) is 27.4 Å². The molecule has 64 heavy (non-hydrogen) atoms. The molecule has 0 bridgehead atoms. The van der Waals surface area contributed by atoms with Crippen molar-refractivity contribution in [1.82, 2.24) is 35.7 Å². The number of carbonyl (C=O) groups is 4. The van der Waals surface area contributed by atoms with Crippen LogP contribution in [0.25, 0.3) is 21.8 Å². The van der Waals surface area contributed by atoms with E-state index in [4.69, 9.17) is 9.47 Å². The van der Waals surface area contributed by atoms with Crippen molar-refractivity contribution in [2.75, 3.05) is 43.6 Å². The Balaban J connectivity index is 0.914. The molecule has 2 aromatic carbocycles. The van der Waals surface area contributed by atoms with Crippen molar-refractivity contribution in [2.24, 2.45) is 11.3 Å². The standard InChI is InChI=1S/C47H57N9O7S/c1-27-23-55(32-15-16-36(40(21-32)62-7)52-44(59)37-10-8-9-34(51-37)35-17-19-49-54-35)20-18-39(27)63-25-41(58)53-43(47(4,5)6)46(61)56-24-33(57)22-38(56)45(60)50-28(2)30-11-13-31(14-12-30)42-29(3)48-26-64-42/h8-17,19,21,26-28,33,38-39,43,57H,18,20,22-25H2,1-7H3,(H,49,54)(H,50,60)(H,52,59)(H,53,58)/t27-,28-,33+,38-,39+,43+/m0/s1. The number of amides is 4. The summed E-state index contributed by atoms with van der Waals surface area (Å²) in [5, 5.41) is 26.4. The van der Waals surface area contributed by atoms with Crippen LogP contribution in [0.1, 0.15) is 75.2 Å². The Morgan fingerprint density at radius 3 is 2.47 bits per heavy atom. The summed E-state index contributed by atoms with van der Waals surface area (Å²) < 4.78 is 11.9. The largest absolute Gasteiger partial charge is 0.494 e. The first kappa shape index (κ1) is 45.8. The Hall–Kier alpha value is -6.17. The van der Waals surface area contributed by atoms with Gasteiger partial charge in [0.15, 0.2) is 0 Å². The lowest BCUT2D eigenvalue weighted by molar-refractivity contribution is -0.145. The van der Waals surface area contributed by atoms with Crippen LogP contribution >= 0.6 is 11.3 Å². The van der Waals surface area contributed by atoms with Crippen molar-refractivity contribution >= 4 is 46.3 Å². The van der Waals surface area contributed by atoms with Crippen LogP contribution in [-0.4, -0.2) is 111 Å². The topological polar surface area (TPSA) is 204 Å². The van der Waals surface area contributed by atoms with Crippen LogP contribution in [0.5, 0.6) is 5.75 Å². The van der Waals surface area contributed by atoms with Gasteiger partial charge in [0.1, 0.15) is 35.8 Å². The van der Waals surface area contributed by atoms with Crippen molar-refractivity contribution in [2.45, 2.75) is 84.7 Å². The van der Waals surface area contributed by atoms with Gasteiger partial charge in [-0.3, -0.25) is 24.3 Å². The molecule has 0 unspecified atom stereocenters. The van der Waals surface area contributed by atoms with E-state index in [-0.39, 0.29) is 55.1 Å². The summed E-state index contributed by atoms with van der Waals surface area (Å²) in [7, 11) is 1.55. The molecular weight excluding hydrogens is 835 g/mol. The van der Waals surface area contributed by atoms with E-state index in [1.54, 1.807) is 55.0 Å². The Kier molecular flexibility index (Phi) is 14.1. The molecule has 5 aromatic rings. The highest BCUT2D eigenvalue weighted by Gasteiger charge is 2.45. The van der Waals surface area contributed by atoms with Crippen LogP contribution in [0.15, 0.2) is 78.4 Å². The minimum absolute atomic E-state index is 0.0222. The molecule has 6 atom stereocenters. The number of aliphatic hydroxyl groups is 1. The zero-order chi connectivity index (χ0) is 45.7. The Morgan fingerprint density at radius 2 is 1.80 bits per heavy atom. The number of anilines is 2. The maximum atomic E-state index is 14.2. The lowest BCUT2D eigenvalue weighted by atomic mass is 9.85. The van der Waals surface area contributed by atoms with Crippen LogP contribution < -0.4 is 25.6 Å². The number of aromatic amines is 1. The third-order valence-electron chi connectivity index (χ3n) is 11.9. The van der Waals surface area contributed by atoms with Gasteiger partial charge in [-0.1, -0.05) is 58.0 Å². The number of aromatic nitrogens is 4. The van der Waals surface area contributed by atoms with Crippen LogP contribution in [0.2, 0.25) is 0 Å². The number of nitrogens with zero attached hydrogens (tertiary/aromatic N) is 5. The van der Waals surface area contributed by atoms with E-state index < -0.39 is 35.4 Å². The van der Waals surface area contributed by atoms with Gasteiger partial charge in [-0.2, -0.15) is 5.10 Å². The number of H-pyrrole nitrogens is 1. The third-order valence-corrected chi connectivity index (χ3v) is 12.8. The molecule has 3 aromatic heterocycles. The normalized spacial score (nSPS) is 19.8. The first-order valence-electron chi connectivity index (χ1n) is 21.5. The number of methoxy groups -OCH3 is 1. The highest BCUT2D eigenvalue weighted by Crippen LogP contribution is 2.34. The molecule has 2 aliphatic heterocycles. The highest BCUT2D eigenvalue weighted by atomic mass is 32.1. The lowest BCUT2D eigenvalue weighted by Crippen LogP contribution is -2.58. The number of thiazole rings is 1. The van der Waals surface area contributed by atoms with Crippen molar-refractivity contribution in [3.63, 3.8) is 0 Å². The summed E-state index contributed by atoms with van der Waals surface area (Å²) in [5.74, 6) is -1.09. The number of benzene rings is 2. The maximum Gasteiger partial charge on any atom is 0.274 e. The number of hydrogen-bond acceptors (Lipinski definition) is 12. The molecule has 17 heteroatoms. The van der Waals surface area contributed by atoms with Gasteiger partial charge in [0.25, 0.3) is 5.91 Å². The molecule has 5 N–H and O–H groups in total. The first-order valence-corrected chi connectivity index (χ1v) is 22.4. The molecule has 2 saturated heterocycles. The van der Waals surface area contributed by atoms with Crippen molar-refractivity contribution in [1.29, 1.82) is 0 Å². The summed E-state index contributed by atoms with van der Waals surface area (Å²) in [6, 6.07) is 18.3. The van der Waals surface area contributed by atoms with Crippen molar-refractivity contribution < 1.29 is 33.8 Å². The Bertz CT molecular complexity index is 2430. The number of rotatable bonds is 14. The average molecular weight is 892 g/mol. The smallest absolute Gasteiger partial charge is 0.274 e. The number of aliphatic hydroxyl groups excluding tert-OH is 1. The maximum absolute atomic E-state index is 14.2. The molecular formula is C47H57N9O7S. The molecule has 2 aliphatic rings. The van der Waals surface area contributed by atoms with Gasteiger partial charge >= 0.3 is 0 Å². The molecule has 338 valence electrons. The highest BCUT2D eigenvalue weighted by molar-refractivity contribution is 7.13. The summed E-state index contributed by atoms with van der Waals surface area (Å²) in [4.78, 5) is 68.1. The fourth-order valence-electron chi connectivity index (χ4n) is 8.28. The van der Waals surface area contributed by atoms with Crippen molar-refractivity contribution in [3.05, 3.63) is 95.4 Å². The summed E-state index contributed by atoms with van der Waals surface area (Å²) >= 11 is 1.57. The van der Waals surface area contributed by atoms with E-state index in [1.807, 2.05) is 76.5 Å². The Morgan fingerprint density at radius 1 is 1.02 bits per heavy atom. The number of β-amino-alcohol motifs (C(OH)–C–C–N with tert-alkyl or cyclic N) is 1. The zero-order valence-electron chi connectivity index (χ0n) is 37.3. The first-order chi connectivity index (χ1) is 30.6. The quantitative estimate of drug-likeness (QED) is 0.0907. The van der Waals surface area contributed by atoms with Gasteiger partial charge in [0, 0.05) is 44.0 Å². The SMILES string of the molecule is COc1cc(N2CC[C@@H](OCC(=O)N[C@H](C(=O)N3C[C@H](O)C[C@H]3C(=O)N[C@@H](C)c3ccc(-c4scnc4C)cc3)C(C)(C)C)[C@@H](C)C2)ccc1NC(=O)c1cccc(-c2cc[nH]n2)n1. The molecule has 0 saturated carbocycles. The molecule has 4 amide bonds. The fourth-order valence-corrected chi connectivity index (χ4v) is 9.09. The number of aryl methyl sites for hydroxylation is 1. The number of ether oxygens (including phenoxy) is 2. The summed E-state index contributed by atoms with van der Waals surface area (Å²) in [6.07, 6.45) is 1.33. The van der Waals surface area contributed by atoms with Gasteiger partial charge in [-0.25, -0.2) is 9.97 Å². The predicted octanol–water partition coefficient (Wildman–Crippen LogP) is 5.77. The van der Waals surface area contributed by atoms with E-state index in [1.165, 1.54) is 4.90 Å². The molecule has 0 radical (unpaired) electrons. The second-order valence-corrected chi connectivity index (χ2v) is 18.5. The monoisotopic (exact) mass is 891 g/mol. The molecule has 2 fully saturated rings. The molecule has 16 nitrogen and oxygen atoms in total. The molecule has 5 heterocycles. The van der Waals surface area contributed by atoms with E-state index in [9.17, 15) is 24.3 Å². The van der Waals surface area contributed by atoms with Crippen LogP contribution in [0.4, 0.5) is 11.4 Å². The van der Waals surface area contributed by atoms with E-state index in [2.05, 4.69) is 47.9 Å². The molecule has 0 spiro atoms. The number of likely N-dealkylation sites (tertiary alicyclic amines) is 1. The van der Waals surface area contributed by atoms with Gasteiger partial charge < -0.3 is 40.3 Å². The number of piperidine rings is 1. The minimum Gasteiger partial charge on any atom is -0.494 e. The number of carbonyl (C=O) groups excluding carboxylic acids is 4. The lowest BCUT2D eigenvalue weighted by Gasteiger charge is -2.38. The van der Waals surface area contributed by atoms with Gasteiger partial charge in [0.2, 0.25) is 17.7 Å². The Labute approximate surface area is 377 Å². The second kappa shape index (κ2) is 19.7. The van der Waals surface area contributed by atoms with Crippen molar-refractivity contribution in [3.8, 4) is 27.6 Å². The number of pyridine rings is 1. The van der Waals surface area contributed by atoms with Crippen LogP contribution in [0, 0.1) is 18.3 Å². The van der Waals surface area contributed by atoms with E-state index >= 15 is 0 Å². The fraction of sp³-hybridized carbons (Fsp3) is 0.426. The average Bonchev–Trinajstić information content (AvgIpc) is 4.07. The van der Waals surface area contributed by atoms with Gasteiger partial charge in [-0.05, 0) is 73.1 Å². The molecule has 7 rings (SSSR count).